The lowest BCUT2D eigenvalue weighted by Gasteiger charge is -2.20. The van der Waals surface area contributed by atoms with E-state index in [4.69, 9.17) is 10.7 Å². The first-order valence-electron chi connectivity index (χ1n) is 6.94. The number of aryl methyl sites for hydroxylation is 2. The minimum Gasteiger partial charge on any atom is -0.322 e. The van der Waals surface area contributed by atoms with Crippen LogP contribution in [0.1, 0.15) is 67.1 Å². The summed E-state index contributed by atoms with van der Waals surface area (Å²) in [5.41, 5.74) is 7.67. The number of thiazole rings is 1. The van der Waals surface area contributed by atoms with E-state index in [9.17, 15) is 0 Å². The van der Waals surface area contributed by atoms with E-state index in [1.54, 1.807) is 0 Å². The predicted molar refractivity (Wildman–Crippen MR) is 74.3 cm³/mol. The summed E-state index contributed by atoms with van der Waals surface area (Å²) >= 11 is 1.81. The van der Waals surface area contributed by atoms with Crippen molar-refractivity contribution in [3.8, 4) is 0 Å². The molecule has 1 atom stereocenters. The van der Waals surface area contributed by atoms with Gasteiger partial charge in [0.25, 0.3) is 0 Å². The fourth-order valence-electron chi connectivity index (χ4n) is 2.79. The van der Waals surface area contributed by atoms with Gasteiger partial charge in [-0.05, 0) is 32.1 Å². The molecule has 3 heteroatoms. The first-order chi connectivity index (χ1) is 8.22. The highest BCUT2D eigenvalue weighted by Gasteiger charge is 2.23. The Morgan fingerprint density at radius 3 is 2.47 bits per heavy atom. The molecular formula is C14H24N2S. The number of hydrogen-bond acceptors (Lipinski definition) is 3. The average molecular weight is 252 g/mol. The van der Waals surface area contributed by atoms with Gasteiger partial charge in [-0.3, -0.25) is 0 Å². The Balaban J connectivity index is 2.08. The van der Waals surface area contributed by atoms with Crippen molar-refractivity contribution in [1.82, 2.24) is 4.98 Å². The summed E-state index contributed by atoms with van der Waals surface area (Å²) < 4.78 is 0. The Labute approximate surface area is 109 Å². The van der Waals surface area contributed by atoms with Crippen LogP contribution in [0, 0.1) is 12.8 Å². The Morgan fingerprint density at radius 2 is 1.94 bits per heavy atom. The number of hydrogen-bond donors (Lipinski definition) is 1. The first kappa shape index (κ1) is 13.0. The summed E-state index contributed by atoms with van der Waals surface area (Å²) in [6.45, 7) is 4.34. The van der Waals surface area contributed by atoms with Crippen molar-refractivity contribution in [3.05, 3.63) is 15.6 Å². The normalized spacial score (nSPS) is 20.2. The molecule has 0 saturated heterocycles. The van der Waals surface area contributed by atoms with Crippen LogP contribution in [0.2, 0.25) is 0 Å². The van der Waals surface area contributed by atoms with E-state index < -0.39 is 0 Å². The molecule has 0 aromatic carbocycles. The first-order valence-corrected chi connectivity index (χ1v) is 7.75. The molecule has 1 saturated carbocycles. The van der Waals surface area contributed by atoms with Crippen molar-refractivity contribution < 1.29 is 0 Å². The third-order valence-electron chi connectivity index (χ3n) is 3.94. The summed E-state index contributed by atoms with van der Waals surface area (Å²) in [7, 11) is 0. The van der Waals surface area contributed by atoms with Gasteiger partial charge in [-0.25, -0.2) is 4.98 Å². The zero-order valence-corrected chi connectivity index (χ0v) is 11.9. The lowest BCUT2D eigenvalue weighted by molar-refractivity contribution is 0.381. The Hall–Kier alpha value is -0.410. The molecule has 1 aromatic heterocycles. The standard InChI is InChI=1S/C14H24N2S/c1-3-12-10(2)17-14(16-12)13(15)11-8-6-4-5-7-9-11/h11,13H,3-9,15H2,1-2H3. The van der Waals surface area contributed by atoms with E-state index >= 15 is 0 Å². The van der Waals surface area contributed by atoms with Crippen LogP contribution in [0.25, 0.3) is 0 Å². The van der Waals surface area contributed by atoms with Crippen molar-refractivity contribution in [3.63, 3.8) is 0 Å². The summed E-state index contributed by atoms with van der Waals surface area (Å²) in [4.78, 5) is 6.08. The molecule has 2 N–H and O–H groups in total. The van der Waals surface area contributed by atoms with E-state index in [0.29, 0.717) is 5.92 Å². The van der Waals surface area contributed by atoms with Crippen molar-refractivity contribution in [2.24, 2.45) is 11.7 Å². The maximum absolute atomic E-state index is 6.42. The minimum absolute atomic E-state index is 0.178. The monoisotopic (exact) mass is 252 g/mol. The van der Waals surface area contributed by atoms with E-state index in [2.05, 4.69) is 13.8 Å². The summed E-state index contributed by atoms with van der Waals surface area (Å²) in [5.74, 6) is 0.660. The second-order valence-electron chi connectivity index (χ2n) is 5.19. The molecule has 1 heterocycles. The molecule has 1 aliphatic carbocycles. The van der Waals surface area contributed by atoms with Gasteiger partial charge in [-0.2, -0.15) is 0 Å². The predicted octanol–water partition coefficient (Wildman–Crippen LogP) is 3.98. The Morgan fingerprint density at radius 1 is 1.29 bits per heavy atom. The maximum Gasteiger partial charge on any atom is 0.110 e. The topological polar surface area (TPSA) is 38.9 Å². The van der Waals surface area contributed by atoms with Crippen LogP contribution in [-0.4, -0.2) is 4.98 Å². The number of aromatic nitrogens is 1. The van der Waals surface area contributed by atoms with E-state index in [0.717, 1.165) is 6.42 Å². The zero-order valence-electron chi connectivity index (χ0n) is 11.0. The molecule has 0 radical (unpaired) electrons. The van der Waals surface area contributed by atoms with Crippen molar-refractivity contribution in [2.75, 3.05) is 0 Å². The molecule has 0 bridgehead atoms. The van der Waals surface area contributed by atoms with Crippen LogP contribution in [-0.2, 0) is 6.42 Å². The van der Waals surface area contributed by atoms with E-state index in [-0.39, 0.29) is 6.04 Å². The maximum atomic E-state index is 6.42. The van der Waals surface area contributed by atoms with Gasteiger partial charge in [0, 0.05) is 4.88 Å². The SMILES string of the molecule is CCc1nc(C(N)C2CCCCCC2)sc1C. The molecule has 2 rings (SSSR count). The fourth-order valence-corrected chi connectivity index (χ4v) is 3.90. The van der Waals surface area contributed by atoms with Crippen LogP contribution in [0.15, 0.2) is 0 Å². The van der Waals surface area contributed by atoms with Crippen molar-refractivity contribution in [2.45, 2.75) is 64.8 Å². The van der Waals surface area contributed by atoms with Gasteiger partial charge in [-0.1, -0.05) is 32.6 Å². The number of nitrogens with two attached hydrogens (primary N) is 1. The lowest BCUT2D eigenvalue weighted by Crippen LogP contribution is -2.21. The van der Waals surface area contributed by atoms with Crippen LogP contribution in [0.4, 0.5) is 0 Å². The Kier molecular flexibility index (Phi) is 4.57. The highest BCUT2D eigenvalue weighted by atomic mass is 32.1. The number of nitrogens with zero attached hydrogens (tertiary/aromatic N) is 1. The largest absolute Gasteiger partial charge is 0.322 e. The molecule has 0 amide bonds. The summed E-state index contributed by atoms with van der Waals surface area (Å²) in [6.07, 6.45) is 9.09. The van der Waals surface area contributed by atoms with Gasteiger partial charge in [0.05, 0.1) is 11.7 Å². The fraction of sp³-hybridized carbons (Fsp3) is 0.786. The molecule has 2 nitrogen and oxygen atoms in total. The van der Waals surface area contributed by atoms with Crippen molar-refractivity contribution in [1.29, 1.82) is 0 Å². The highest BCUT2D eigenvalue weighted by Crippen LogP contribution is 2.34. The van der Waals surface area contributed by atoms with Crippen LogP contribution in [0.3, 0.4) is 0 Å². The lowest BCUT2D eigenvalue weighted by atomic mass is 9.93. The van der Waals surface area contributed by atoms with Crippen LogP contribution >= 0.6 is 11.3 Å². The minimum atomic E-state index is 0.178. The average Bonchev–Trinajstić information content (AvgIpc) is 2.56. The molecule has 1 aliphatic rings. The smallest absolute Gasteiger partial charge is 0.110 e. The molecular weight excluding hydrogens is 228 g/mol. The van der Waals surface area contributed by atoms with Crippen LogP contribution < -0.4 is 5.73 Å². The molecule has 0 spiro atoms. The highest BCUT2D eigenvalue weighted by molar-refractivity contribution is 7.11. The molecule has 0 aliphatic heterocycles. The zero-order chi connectivity index (χ0) is 12.3. The third kappa shape index (κ3) is 3.08. The van der Waals surface area contributed by atoms with E-state index in [1.165, 1.54) is 54.1 Å². The molecule has 1 aromatic rings. The second-order valence-corrected chi connectivity index (χ2v) is 6.42. The van der Waals surface area contributed by atoms with E-state index in [1.807, 2.05) is 11.3 Å². The quantitative estimate of drug-likeness (QED) is 0.826. The molecule has 96 valence electrons. The van der Waals surface area contributed by atoms with Gasteiger partial charge in [0.1, 0.15) is 5.01 Å². The van der Waals surface area contributed by atoms with Gasteiger partial charge < -0.3 is 5.73 Å². The van der Waals surface area contributed by atoms with Gasteiger partial charge in [0.2, 0.25) is 0 Å². The van der Waals surface area contributed by atoms with Gasteiger partial charge in [-0.15, -0.1) is 11.3 Å². The third-order valence-corrected chi connectivity index (χ3v) is 5.05. The molecule has 1 unspecified atom stereocenters. The van der Waals surface area contributed by atoms with Crippen LogP contribution in [0.5, 0.6) is 0 Å². The molecule has 1 fully saturated rings. The molecule has 17 heavy (non-hydrogen) atoms. The number of rotatable bonds is 3. The summed E-state index contributed by atoms with van der Waals surface area (Å²) in [6, 6.07) is 0.178. The second kappa shape index (κ2) is 5.96. The van der Waals surface area contributed by atoms with Crippen molar-refractivity contribution >= 4 is 11.3 Å². The van der Waals surface area contributed by atoms with Gasteiger partial charge >= 0.3 is 0 Å². The Bertz CT molecular complexity index is 351. The van der Waals surface area contributed by atoms with Gasteiger partial charge in [0.15, 0.2) is 0 Å². The summed E-state index contributed by atoms with van der Waals surface area (Å²) in [5, 5.41) is 1.17.